The van der Waals surface area contributed by atoms with E-state index in [2.05, 4.69) is 19.9 Å². The van der Waals surface area contributed by atoms with Gasteiger partial charge in [-0.25, -0.2) is 0 Å². The van der Waals surface area contributed by atoms with E-state index in [1.54, 1.807) is 11.0 Å². The molecule has 0 spiro atoms. The molecule has 20 heavy (non-hydrogen) atoms. The number of carbonyl (C=O) groups is 1. The molecule has 0 aliphatic carbocycles. The number of carbonyl (C=O) groups excluding carboxylic acids is 1. The van der Waals surface area contributed by atoms with Gasteiger partial charge in [0.25, 0.3) is 0 Å². The third-order valence-electron chi connectivity index (χ3n) is 3.23. The zero-order valence-electron chi connectivity index (χ0n) is 12.5. The third kappa shape index (κ3) is 4.36. The lowest BCUT2D eigenvalue weighted by Gasteiger charge is -2.25. The number of nitriles is 1. The van der Waals surface area contributed by atoms with Crippen LogP contribution < -0.4 is 5.73 Å². The Morgan fingerprint density at radius 1 is 1.40 bits per heavy atom. The molecule has 0 fully saturated rings. The molecule has 0 heterocycles. The first kappa shape index (κ1) is 16.2. The summed E-state index contributed by atoms with van der Waals surface area (Å²) >= 11 is 0. The molecule has 0 aromatic heterocycles. The van der Waals surface area contributed by atoms with Crippen LogP contribution in [0.5, 0.6) is 0 Å². The Morgan fingerprint density at radius 2 is 2.05 bits per heavy atom. The Labute approximate surface area is 121 Å². The molecule has 0 saturated carbocycles. The first-order chi connectivity index (χ1) is 9.49. The van der Waals surface area contributed by atoms with Gasteiger partial charge in [-0.3, -0.25) is 4.79 Å². The van der Waals surface area contributed by atoms with Crippen molar-refractivity contribution in [1.29, 1.82) is 5.26 Å². The van der Waals surface area contributed by atoms with Crippen molar-refractivity contribution in [2.75, 3.05) is 6.54 Å². The second kappa shape index (κ2) is 7.66. The Morgan fingerprint density at radius 3 is 2.60 bits per heavy atom. The molecule has 0 saturated heterocycles. The summed E-state index contributed by atoms with van der Waals surface area (Å²) in [5.74, 6) is 0.341. The van der Waals surface area contributed by atoms with E-state index in [-0.39, 0.29) is 5.91 Å². The zero-order valence-corrected chi connectivity index (χ0v) is 12.5. The van der Waals surface area contributed by atoms with Crippen LogP contribution in [0.3, 0.4) is 0 Å². The summed E-state index contributed by atoms with van der Waals surface area (Å²) in [6.07, 6.45) is 0.676. The first-order valence-corrected chi connectivity index (χ1v) is 7.02. The maximum Gasteiger partial charge on any atom is 0.239 e. The number of nitrogens with zero attached hydrogens (tertiary/aromatic N) is 2. The highest BCUT2D eigenvalue weighted by Crippen LogP contribution is 2.13. The topological polar surface area (TPSA) is 70.1 Å². The number of nitrogens with two attached hydrogens (primary N) is 1. The molecule has 1 atom stereocenters. The smallest absolute Gasteiger partial charge is 0.239 e. The molecule has 1 aromatic rings. The summed E-state index contributed by atoms with van der Waals surface area (Å²) in [7, 11) is 0. The van der Waals surface area contributed by atoms with Crippen molar-refractivity contribution in [1.82, 2.24) is 4.90 Å². The minimum absolute atomic E-state index is 0.0473. The van der Waals surface area contributed by atoms with Crippen LogP contribution in [0.1, 0.15) is 38.3 Å². The van der Waals surface area contributed by atoms with E-state index in [0.29, 0.717) is 31.0 Å². The summed E-state index contributed by atoms with van der Waals surface area (Å²) in [6.45, 7) is 7.05. The van der Waals surface area contributed by atoms with Crippen LogP contribution in [0.15, 0.2) is 24.3 Å². The molecule has 0 unspecified atom stereocenters. The third-order valence-corrected chi connectivity index (χ3v) is 3.23. The van der Waals surface area contributed by atoms with Gasteiger partial charge < -0.3 is 10.6 Å². The molecule has 4 heteroatoms. The molecule has 1 rings (SSSR count). The lowest BCUT2D eigenvalue weighted by molar-refractivity contribution is -0.133. The van der Waals surface area contributed by atoms with Crippen molar-refractivity contribution in [3.63, 3.8) is 0 Å². The summed E-state index contributed by atoms with van der Waals surface area (Å²) in [4.78, 5) is 14.0. The SMILES string of the molecule is CCN(Cc1ccccc1C#N)C(=O)[C@@H](N)CC(C)C. The number of rotatable bonds is 6. The summed E-state index contributed by atoms with van der Waals surface area (Å²) < 4.78 is 0. The van der Waals surface area contributed by atoms with Crippen molar-refractivity contribution < 1.29 is 4.79 Å². The van der Waals surface area contributed by atoms with Crippen LogP contribution in [-0.2, 0) is 11.3 Å². The van der Waals surface area contributed by atoms with Gasteiger partial charge in [0.05, 0.1) is 17.7 Å². The average molecular weight is 273 g/mol. The van der Waals surface area contributed by atoms with Gasteiger partial charge in [-0.1, -0.05) is 32.0 Å². The Hall–Kier alpha value is -1.86. The lowest BCUT2D eigenvalue weighted by Crippen LogP contribution is -2.44. The predicted molar refractivity (Wildman–Crippen MR) is 79.7 cm³/mol. The van der Waals surface area contributed by atoms with Gasteiger partial charge in [-0.15, -0.1) is 0 Å². The Bertz CT molecular complexity index is 491. The van der Waals surface area contributed by atoms with Gasteiger partial charge in [0.15, 0.2) is 0 Å². The summed E-state index contributed by atoms with van der Waals surface area (Å²) in [5, 5.41) is 9.09. The number of amides is 1. The number of likely N-dealkylation sites (N-methyl/N-ethyl adjacent to an activating group) is 1. The van der Waals surface area contributed by atoms with Crippen LogP contribution in [-0.4, -0.2) is 23.4 Å². The van der Waals surface area contributed by atoms with E-state index in [0.717, 1.165) is 5.56 Å². The average Bonchev–Trinajstić information content (AvgIpc) is 2.43. The van der Waals surface area contributed by atoms with Crippen molar-refractivity contribution >= 4 is 5.91 Å². The summed E-state index contributed by atoms with van der Waals surface area (Å²) in [6, 6.07) is 9.03. The van der Waals surface area contributed by atoms with Crippen LogP contribution in [0.4, 0.5) is 0 Å². The number of hydrogen-bond donors (Lipinski definition) is 1. The predicted octanol–water partition coefficient (Wildman–Crippen LogP) is 2.28. The zero-order chi connectivity index (χ0) is 15.1. The Balaban J connectivity index is 2.82. The maximum atomic E-state index is 12.3. The first-order valence-electron chi connectivity index (χ1n) is 7.02. The van der Waals surface area contributed by atoms with E-state index < -0.39 is 6.04 Å². The van der Waals surface area contributed by atoms with Gasteiger partial charge in [0.1, 0.15) is 0 Å². The highest BCUT2D eigenvalue weighted by atomic mass is 16.2. The van der Waals surface area contributed by atoms with E-state index in [4.69, 9.17) is 11.0 Å². The van der Waals surface area contributed by atoms with E-state index >= 15 is 0 Å². The molecular weight excluding hydrogens is 250 g/mol. The fourth-order valence-corrected chi connectivity index (χ4v) is 2.16. The standard InChI is InChI=1S/C16H23N3O/c1-4-19(16(20)15(18)9-12(2)3)11-14-8-6-5-7-13(14)10-17/h5-8,12,15H,4,9,11,18H2,1-3H3/t15-/m0/s1. The molecule has 0 bridgehead atoms. The highest BCUT2D eigenvalue weighted by molar-refractivity contribution is 5.81. The van der Waals surface area contributed by atoms with Gasteiger partial charge >= 0.3 is 0 Å². The Kier molecular flexibility index (Phi) is 6.20. The largest absolute Gasteiger partial charge is 0.337 e. The van der Waals surface area contributed by atoms with Gasteiger partial charge in [-0.2, -0.15) is 5.26 Å². The normalized spacial score (nSPS) is 12.0. The minimum Gasteiger partial charge on any atom is -0.337 e. The van der Waals surface area contributed by atoms with Gasteiger partial charge in [0, 0.05) is 13.1 Å². The maximum absolute atomic E-state index is 12.3. The summed E-state index contributed by atoms with van der Waals surface area (Å²) in [5.41, 5.74) is 7.43. The molecule has 2 N–H and O–H groups in total. The quantitative estimate of drug-likeness (QED) is 0.864. The van der Waals surface area contributed by atoms with Crippen LogP contribution in [0.2, 0.25) is 0 Å². The van der Waals surface area contributed by atoms with Gasteiger partial charge in [-0.05, 0) is 30.9 Å². The molecule has 0 aliphatic heterocycles. The van der Waals surface area contributed by atoms with Gasteiger partial charge in [0.2, 0.25) is 5.91 Å². The molecule has 0 radical (unpaired) electrons. The number of benzene rings is 1. The van der Waals surface area contributed by atoms with Crippen LogP contribution >= 0.6 is 0 Å². The second-order valence-electron chi connectivity index (χ2n) is 5.36. The van der Waals surface area contributed by atoms with E-state index in [1.165, 1.54) is 0 Å². The van der Waals surface area contributed by atoms with Crippen molar-refractivity contribution in [2.45, 2.75) is 39.8 Å². The number of hydrogen-bond acceptors (Lipinski definition) is 3. The van der Waals surface area contributed by atoms with Crippen LogP contribution in [0.25, 0.3) is 0 Å². The molecule has 4 nitrogen and oxygen atoms in total. The van der Waals surface area contributed by atoms with Crippen molar-refractivity contribution in [3.05, 3.63) is 35.4 Å². The fourth-order valence-electron chi connectivity index (χ4n) is 2.16. The second-order valence-corrected chi connectivity index (χ2v) is 5.36. The molecular formula is C16H23N3O. The van der Waals surface area contributed by atoms with E-state index in [1.807, 2.05) is 25.1 Å². The molecule has 108 valence electrons. The molecule has 1 amide bonds. The van der Waals surface area contributed by atoms with Crippen molar-refractivity contribution in [3.8, 4) is 6.07 Å². The molecule has 0 aliphatic rings. The fraction of sp³-hybridized carbons (Fsp3) is 0.500. The lowest BCUT2D eigenvalue weighted by atomic mass is 10.0. The molecule has 1 aromatic carbocycles. The van der Waals surface area contributed by atoms with Crippen LogP contribution in [0, 0.1) is 17.2 Å². The minimum atomic E-state index is -0.468. The van der Waals surface area contributed by atoms with Crippen molar-refractivity contribution in [2.24, 2.45) is 11.7 Å². The monoisotopic (exact) mass is 273 g/mol. The van der Waals surface area contributed by atoms with E-state index in [9.17, 15) is 4.79 Å². The highest BCUT2D eigenvalue weighted by Gasteiger charge is 2.21.